The van der Waals surface area contributed by atoms with Crippen molar-refractivity contribution >= 4 is 11.6 Å². The van der Waals surface area contributed by atoms with E-state index in [1.54, 1.807) is 12.1 Å². The number of amides is 1. The molecule has 1 N–H and O–H groups in total. The van der Waals surface area contributed by atoms with Gasteiger partial charge in [-0.2, -0.15) is 9.78 Å². The molecule has 1 amide bonds. The van der Waals surface area contributed by atoms with E-state index in [2.05, 4.69) is 24.3 Å². The third-order valence-corrected chi connectivity index (χ3v) is 3.84. The Morgan fingerprint density at radius 2 is 1.76 bits per heavy atom. The van der Waals surface area contributed by atoms with Gasteiger partial charge in [-0.3, -0.25) is 9.59 Å². The molecule has 0 radical (unpaired) electrons. The van der Waals surface area contributed by atoms with Crippen LogP contribution in [0, 0.1) is 0 Å². The normalized spacial score (nSPS) is 10.7. The SMILES string of the molecule is CC(C)c1cccc(NC(=O)c2ccc(=O)n(-c3ccccc3)n2)c1. The molecule has 3 aromatic rings. The van der Waals surface area contributed by atoms with Gasteiger partial charge < -0.3 is 5.32 Å². The standard InChI is InChI=1S/C20H19N3O2/c1-14(2)15-7-6-8-16(13-15)21-20(25)18-11-12-19(24)23(22-18)17-9-4-3-5-10-17/h3-14H,1-2H3,(H,21,25). The first-order valence-electron chi connectivity index (χ1n) is 8.12. The zero-order valence-corrected chi connectivity index (χ0v) is 14.1. The van der Waals surface area contributed by atoms with Crippen LogP contribution in [0.4, 0.5) is 5.69 Å². The van der Waals surface area contributed by atoms with Crippen LogP contribution in [0.15, 0.2) is 71.5 Å². The van der Waals surface area contributed by atoms with E-state index < -0.39 is 0 Å². The van der Waals surface area contributed by atoms with Gasteiger partial charge in [0, 0.05) is 11.8 Å². The van der Waals surface area contributed by atoms with E-state index in [4.69, 9.17) is 0 Å². The van der Waals surface area contributed by atoms with Gasteiger partial charge in [0.2, 0.25) is 0 Å². The van der Waals surface area contributed by atoms with Crippen molar-refractivity contribution < 1.29 is 4.79 Å². The van der Waals surface area contributed by atoms with Crippen LogP contribution in [0.2, 0.25) is 0 Å². The molecule has 1 heterocycles. The number of hydrogen-bond acceptors (Lipinski definition) is 3. The molecule has 0 fully saturated rings. The number of nitrogens with zero attached hydrogens (tertiary/aromatic N) is 2. The largest absolute Gasteiger partial charge is 0.321 e. The Balaban J connectivity index is 1.88. The van der Waals surface area contributed by atoms with E-state index in [-0.39, 0.29) is 17.2 Å². The Morgan fingerprint density at radius 1 is 1.00 bits per heavy atom. The fraction of sp³-hybridized carbons (Fsp3) is 0.150. The summed E-state index contributed by atoms with van der Waals surface area (Å²) in [5.74, 6) is 0.0144. The van der Waals surface area contributed by atoms with Gasteiger partial charge >= 0.3 is 0 Å². The van der Waals surface area contributed by atoms with E-state index >= 15 is 0 Å². The molecule has 3 rings (SSSR count). The molecule has 0 aliphatic carbocycles. The van der Waals surface area contributed by atoms with E-state index in [0.717, 1.165) is 5.56 Å². The van der Waals surface area contributed by atoms with Crippen LogP contribution in [-0.2, 0) is 0 Å². The average Bonchev–Trinajstić information content (AvgIpc) is 2.63. The Kier molecular flexibility index (Phi) is 4.75. The number of hydrogen-bond donors (Lipinski definition) is 1. The second-order valence-electron chi connectivity index (χ2n) is 6.04. The lowest BCUT2D eigenvalue weighted by Gasteiger charge is -2.10. The number of benzene rings is 2. The fourth-order valence-electron chi connectivity index (χ4n) is 2.46. The van der Waals surface area contributed by atoms with Gasteiger partial charge in [-0.1, -0.05) is 44.2 Å². The third-order valence-electron chi connectivity index (χ3n) is 3.84. The van der Waals surface area contributed by atoms with Gasteiger partial charge in [0.1, 0.15) is 5.69 Å². The number of para-hydroxylation sites is 1. The molecule has 0 bridgehead atoms. The summed E-state index contributed by atoms with van der Waals surface area (Å²) in [6, 6.07) is 19.5. The van der Waals surface area contributed by atoms with Gasteiger partial charge in [-0.25, -0.2) is 0 Å². The van der Waals surface area contributed by atoms with Gasteiger partial charge in [0.15, 0.2) is 0 Å². The molecule has 0 atom stereocenters. The van der Waals surface area contributed by atoms with Crippen LogP contribution in [-0.4, -0.2) is 15.7 Å². The lowest BCUT2D eigenvalue weighted by molar-refractivity contribution is 0.102. The van der Waals surface area contributed by atoms with E-state index in [9.17, 15) is 9.59 Å². The summed E-state index contributed by atoms with van der Waals surface area (Å²) in [4.78, 5) is 24.5. The summed E-state index contributed by atoms with van der Waals surface area (Å²) < 4.78 is 1.22. The summed E-state index contributed by atoms with van der Waals surface area (Å²) in [6.07, 6.45) is 0. The maximum atomic E-state index is 12.5. The molecule has 126 valence electrons. The molecule has 0 saturated carbocycles. The predicted molar refractivity (Wildman–Crippen MR) is 98.3 cm³/mol. The van der Waals surface area contributed by atoms with Crippen molar-refractivity contribution in [3.05, 3.63) is 88.3 Å². The zero-order chi connectivity index (χ0) is 17.8. The summed E-state index contributed by atoms with van der Waals surface area (Å²) in [6.45, 7) is 4.19. The van der Waals surface area contributed by atoms with Crippen molar-refractivity contribution in [3.63, 3.8) is 0 Å². The van der Waals surface area contributed by atoms with Gasteiger partial charge in [-0.15, -0.1) is 0 Å². The maximum absolute atomic E-state index is 12.5. The molecule has 5 nitrogen and oxygen atoms in total. The molecular weight excluding hydrogens is 314 g/mol. The first kappa shape index (κ1) is 16.6. The number of rotatable bonds is 4. The molecule has 0 saturated heterocycles. The monoisotopic (exact) mass is 333 g/mol. The highest BCUT2D eigenvalue weighted by atomic mass is 16.2. The Morgan fingerprint density at radius 3 is 2.48 bits per heavy atom. The van der Waals surface area contributed by atoms with Crippen LogP contribution in [0.3, 0.4) is 0 Å². The minimum Gasteiger partial charge on any atom is -0.321 e. The number of nitrogens with one attached hydrogen (secondary N) is 1. The molecule has 0 unspecified atom stereocenters. The molecule has 0 spiro atoms. The molecule has 1 aromatic heterocycles. The minimum absolute atomic E-state index is 0.179. The lowest BCUT2D eigenvalue weighted by atomic mass is 10.0. The summed E-state index contributed by atoms with van der Waals surface area (Å²) >= 11 is 0. The van der Waals surface area contributed by atoms with E-state index in [0.29, 0.717) is 17.3 Å². The summed E-state index contributed by atoms with van der Waals surface area (Å²) in [5.41, 5.74) is 2.35. The van der Waals surface area contributed by atoms with Gasteiger partial charge in [-0.05, 0) is 41.8 Å². The summed E-state index contributed by atoms with van der Waals surface area (Å²) in [5, 5.41) is 7.02. The first-order valence-corrected chi connectivity index (χ1v) is 8.12. The van der Waals surface area contributed by atoms with Crippen molar-refractivity contribution in [1.29, 1.82) is 0 Å². The molecular formula is C20H19N3O2. The molecule has 0 aliphatic rings. The van der Waals surface area contributed by atoms with Gasteiger partial charge in [0.25, 0.3) is 11.5 Å². The molecule has 2 aromatic carbocycles. The van der Waals surface area contributed by atoms with E-state index in [1.165, 1.54) is 16.8 Å². The highest BCUT2D eigenvalue weighted by Gasteiger charge is 2.11. The number of carbonyl (C=O) groups is 1. The molecule has 5 heteroatoms. The number of carbonyl (C=O) groups excluding carboxylic acids is 1. The predicted octanol–water partition coefficient (Wildman–Crippen LogP) is 3.61. The second kappa shape index (κ2) is 7.13. The van der Waals surface area contributed by atoms with Crippen molar-refractivity contribution in [3.8, 4) is 5.69 Å². The van der Waals surface area contributed by atoms with Gasteiger partial charge in [0.05, 0.1) is 5.69 Å². The Bertz CT molecular complexity index is 946. The van der Waals surface area contributed by atoms with Crippen LogP contribution in [0.1, 0.15) is 35.8 Å². The average molecular weight is 333 g/mol. The second-order valence-corrected chi connectivity index (χ2v) is 6.04. The molecule has 0 aliphatic heterocycles. The van der Waals surface area contributed by atoms with E-state index in [1.807, 2.05) is 42.5 Å². The highest BCUT2D eigenvalue weighted by molar-refractivity contribution is 6.02. The highest BCUT2D eigenvalue weighted by Crippen LogP contribution is 2.18. The Labute approximate surface area is 145 Å². The van der Waals surface area contributed by atoms with Crippen molar-refractivity contribution in [2.45, 2.75) is 19.8 Å². The summed E-state index contributed by atoms with van der Waals surface area (Å²) in [7, 11) is 0. The lowest BCUT2D eigenvalue weighted by Crippen LogP contribution is -2.24. The van der Waals surface area contributed by atoms with Crippen LogP contribution in [0.5, 0.6) is 0 Å². The van der Waals surface area contributed by atoms with Crippen LogP contribution in [0.25, 0.3) is 5.69 Å². The number of anilines is 1. The maximum Gasteiger partial charge on any atom is 0.276 e. The minimum atomic E-state index is -0.356. The number of aromatic nitrogens is 2. The molecule has 25 heavy (non-hydrogen) atoms. The zero-order valence-electron chi connectivity index (χ0n) is 14.1. The smallest absolute Gasteiger partial charge is 0.276 e. The quantitative estimate of drug-likeness (QED) is 0.793. The first-order chi connectivity index (χ1) is 12.0. The van der Waals surface area contributed by atoms with Crippen LogP contribution >= 0.6 is 0 Å². The van der Waals surface area contributed by atoms with Crippen molar-refractivity contribution in [1.82, 2.24) is 9.78 Å². The third kappa shape index (κ3) is 3.83. The van der Waals surface area contributed by atoms with Crippen molar-refractivity contribution in [2.75, 3.05) is 5.32 Å². The Hall–Kier alpha value is -3.21. The van der Waals surface area contributed by atoms with Crippen molar-refractivity contribution in [2.24, 2.45) is 0 Å². The topological polar surface area (TPSA) is 64.0 Å². The fourth-order valence-corrected chi connectivity index (χ4v) is 2.46. The van der Waals surface area contributed by atoms with Crippen LogP contribution < -0.4 is 10.9 Å².